The predicted molar refractivity (Wildman–Crippen MR) is 53.4 cm³/mol. The van der Waals surface area contributed by atoms with Crippen molar-refractivity contribution in [2.45, 2.75) is 44.6 Å². The number of hydrogen-bond acceptors (Lipinski definition) is 2. The third-order valence-corrected chi connectivity index (χ3v) is 3.40. The molecule has 1 saturated heterocycles. The SMILES string of the molecule is C[SiH2]CCCOC1CCCCO1. The Morgan fingerprint density at radius 2 is 2.42 bits per heavy atom. The van der Waals surface area contributed by atoms with Gasteiger partial charge in [0, 0.05) is 22.7 Å². The fraction of sp³-hybridized carbons (Fsp3) is 1.00. The van der Waals surface area contributed by atoms with Crippen LogP contribution in [-0.2, 0) is 9.47 Å². The van der Waals surface area contributed by atoms with Crippen molar-refractivity contribution < 1.29 is 9.47 Å². The minimum atomic E-state index is 0.122. The Balaban J connectivity index is 1.91. The van der Waals surface area contributed by atoms with E-state index in [9.17, 15) is 0 Å². The van der Waals surface area contributed by atoms with Crippen molar-refractivity contribution >= 4 is 9.52 Å². The summed E-state index contributed by atoms with van der Waals surface area (Å²) in [7, 11) is 0.244. The monoisotopic (exact) mass is 188 g/mol. The highest BCUT2D eigenvalue weighted by Gasteiger charge is 2.12. The highest BCUT2D eigenvalue weighted by atomic mass is 28.2. The molecule has 1 rings (SSSR count). The fourth-order valence-electron chi connectivity index (χ4n) is 1.41. The average Bonchev–Trinajstić information content (AvgIpc) is 2.14. The van der Waals surface area contributed by atoms with Crippen LogP contribution in [0, 0.1) is 0 Å². The van der Waals surface area contributed by atoms with Gasteiger partial charge in [-0.25, -0.2) is 0 Å². The molecule has 0 spiro atoms. The lowest BCUT2D eigenvalue weighted by atomic mass is 10.2. The van der Waals surface area contributed by atoms with E-state index >= 15 is 0 Å². The van der Waals surface area contributed by atoms with E-state index in [1.165, 1.54) is 25.3 Å². The van der Waals surface area contributed by atoms with Crippen LogP contribution < -0.4 is 0 Å². The Morgan fingerprint density at radius 1 is 1.50 bits per heavy atom. The summed E-state index contributed by atoms with van der Waals surface area (Å²) in [5, 5.41) is 0. The molecule has 0 aromatic carbocycles. The smallest absolute Gasteiger partial charge is 0.157 e. The van der Waals surface area contributed by atoms with Crippen LogP contribution in [0.1, 0.15) is 25.7 Å². The van der Waals surface area contributed by atoms with Crippen LogP contribution in [0.25, 0.3) is 0 Å². The molecule has 0 amide bonds. The van der Waals surface area contributed by atoms with E-state index in [0.29, 0.717) is 0 Å². The molecule has 0 radical (unpaired) electrons. The maximum absolute atomic E-state index is 5.58. The minimum Gasteiger partial charge on any atom is -0.353 e. The predicted octanol–water partition coefficient (Wildman–Crippen LogP) is 1.55. The van der Waals surface area contributed by atoms with Gasteiger partial charge in [-0.1, -0.05) is 12.6 Å². The molecule has 1 atom stereocenters. The molecule has 0 aliphatic carbocycles. The lowest BCUT2D eigenvalue weighted by Gasteiger charge is -2.22. The van der Waals surface area contributed by atoms with E-state index in [-0.39, 0.29) is 15.8 Å². The highest BCUT2D eigenvalue weighted by Crippen LogP contribution is 2.13. The summed E-state index contributed by atoms with van der Waals surface area (Å²) in [5.74, 6) is 0. The largest absolute Gasteiger partial charge is 0.353 e. The van der Waals surface area contributed by atoms with E-state index in [0.717, 1.165) is 19.6 Å². The second kappa shape index (κ2) is 6.63. The molecule has 0 N–H and O–H groups in total. The third-order valence-electron chi connectivity index (χ3n) is 2.19. The first-order valence-electron chi connectivity index (χ1n) is 5.16. The maximum atomic E-state index is 5.58. The van der Waals surface area contributed by atoms with Gasteiger partial charge in [0.15, 0.2) is 6.29 Å². The second-order valence-electron chi connectivity index (χ2n) is 3.37. The van der Waals surface area contributed by atoms with E-state index in [2.05, 4.69) is 6.55 Å². The quantitative estimate of drug-likeness (QED) is 0.481. The normalized spacial score (nSPS) is 25.2. The van der Waals surface area contributed by atoms with Crippen molar-refractivity contribution in [1.82, 2.24) is 0 Å². The molecule has 1 fully saturated rings. The molecule has 1 heterocycles. The van der Waals surface area contributed by atoms with Crippen LogP contribution in [0.3, 0.4) is 0 Å². The number of hydrogen-bond donors (Lipinski definition) is 0. The fourth-order valence-corrected chi connectivity index (χ4v) is 2.11. The third kappa shape index (κ3) is 4.23. The van der Waals surface area contributed by atoms with Crippen LogP contribution in [0.2, 0.25) is 12.6 Å². The Morgan fingerprint density at radius 3 is 3.08 bits per heavy atom. The van der Waals surface area contributed by atoms with Crippen molar-refractivity contribution in [2.75, 3.05) is 13.2 Å². The summed E-state index contributed by atoms with van der Waals surface area (Å²) in [6.45, 7) is 4.15. The molecule has 0 saturated carbocycles. The van der Waals surface area contributed by atoms with Crippen LogP contribution in [0.5, 0.6) is 0 Å². The van der Waals surface area contributed by atoms with Gasteiger partial charge in [-0.2, -0.15) is 0 Å². The summed E-state index contributed by atoms with van der Waals surface area (Å²) in [6, 6.07) is 1.41. The molecular formula is C9H20O2Si. The molecule has 12 heavy (non-hydrogen) atoms. The first-order chi connectivity index (χ1) is 5.93. The first-order valence-corrected chi connectivity index (χ1v) is 7.58. The molecule has 1 aliphatic rings. The Hall–Kier alpha value is 0.137. The first kappa shape index (κ1) is 10.2. The molecule has 2 nitrogen and oxygen atoms in total. The molecule has 1 unspecified atom stereocenters. The summed E-state index contributed by atoms with van der Waals surface area (Å²) < 4.78 is 11.0. The second-order valence-corrected chi connectivity index (χ2v) is 5.08. The molecule has 0 bridgehead atoms. The van der Waals surface area contributed by atoms with E-state index < -0.39 is 0 Å². The summed E-state index contributed by atoms with van der Waals surface area (Å²) in [4.78, 5) is 0. The molecular weight excluding hydrogens is 168 g/mol. The highest BCUT2D eigenvalue weighted by molar-refractivity contribution is 6.33. The van der Waals surface area contributed by atoms with Gasteiger partial charge in [0.25, 0.3) is 0 Å². The zero-order valence-electron chi connectivity index (χ0n) is 8.05. The van der Waals surface area contributed by atoms with Gasteiger partial charge < -0.3 is 9.47 Å². The van der Waals surface area contributed by atoms with Crippen molar-refractivity contribution in [1.29, 1.82) is 0 Å². The average molecular weight is 188 g/mol. The van der Waals surface area contributed by atoms with Gasteiger partial charge in [0.05, 0.1) is 0 Å². The summed E-state index contributed by atoms with van der Waals surface area (Å²) in [6.07, 6.45) is 4.94. The van der Waals surface area contributed by atoms with Gasteiger partial charge in [-0.3, -0.25) is 0 Å². The van der Waals surface area contributed by atoms with Gasteiger partial charge in [0.2, 0.25) is 0 Å². The van der Waals surface area contributed by atoms with Crippen molar-refractivity contribution in [3.63, 3.8) is 0 Å². The molecule has 0 aromatic heterocycles. The number of rotatable bonds is 5. The van der Waals surface area contributed by atoms with Crippen LogP contribution in [-0.4, -0.2) is 29.0 Å². The van der Waals surface area contributed by atoms with E-state index in [1.807, 2.05) is 0 Å². The summed E-state index contributed by atoms with van der Waals surface area (Å²) >= 11 is 0. The zero-order valence-corrected chi connectivity index (χ0v) is 9.46. The lowest BCUT2D eigenvalue weighted by molar-refractivity contribution is -0.162. The van der Waals surface area contributed by atoms with Gasteiger partial charge in [-0.05, 0) is 25.7 Å². The van der Waals surface area contributed by atoms with Crippen LogP contribution in [0.4, 0.5) is 0 Å². The zero-order chi connectivity index (χ0) is 8.65. The Kier molecular flexibility index (Phi) is 5.65. The molecule has 3 heteroatoms. The molecule has 72 valence electrons. The van der Waals surface area contributed by atoms with Crippen molar-refractivity contribution in [2.24, 2.45) is 0 Å². The molecule has 0 aromatic rings. The summed E-state index contributed by atoms with van der Waals surface area (Å²) in [5.41, 5.74) is 0. The standard InChI is InChI=1S/C9H20O2Si/c1-12-8-4-7-11-9-5-2-3-6-10-9/h9H,2-8,12H2,1H3. The van der Waals surface area contributed by atoms with Gasteiger partial charge >= 0.3 is 0 Å². The van der Waals surface area contributed by atoms with E-state index in [1.54, 1.807) is 0 Å². The van der Waals surface area contributed by atoms with Crippen LogP contribution >= 0.6 is 0 Å². The van der Waals surface area contributed by atoms with Crippen LogP contribution in [0.15, 0.2) is 0 Å². The lowest BCUT2D eigenvalue weighted by Crippen LogP contribution is -2.22. The maximum Gasteiger partial charge on any atom is 0.157 e. The molecule has 1 aliphatic heterocycles. The Labute approximate surface area is 77.5 Å². The Bertz CT molecular complexity index is 103. The topological polar surface area (TPSA) is 18.5 Å². The van der Waals surface area contributed by atoms with Crippen molar-refractivity contribution in [3.05, 3.63) is 0 Å². The van der Waals surface area contributed by atoms with Gasteiger partial charge in [0.1, 0.15) is 0 Å². The van der Waals surface area contributed by atoms with Crippen molar-refractivity contribution in [3.8, 4) is 0 Å². The minimum absolute atomic E-state index is 0.122. The van der Waals surface area contributed by atoms with Gasteiger partial charge in [-0.15, -0.1) is 0 Å². The van der Waals surface area contributed by atoms with E-state index in [4.69, 9.17) is 9.47 Å². The number of ether oxygens (including phenoxy) is 2.